The van der Waals surface area contributed by atoms with Gasteiger partial charge >= 0.3 is 6.03 Å². The lowest BCUT2D eigenvalue weighted by Gasteiger charge is -2.38. The number of piperazine rings is 1. The summed E-state index contributed by atoms with van der Waals surface area (Å²) in [6.45, 7) is 7.51. The van der Waals surface area contributed by atoms with Crippen molar-refractivity contribution in [3.05, 3.63) is 29.7 Å². The van der Waals surface area contributed by atoms with Crippen molar-refractivity contribution in [2.45, 2.75) is 32.7 Å². The average Bonchev–Trinajstić information content (AvgIpc) is 3.23. The predicted molar refractivity (Wildman–Crippen MR) is 109 cm³/mol. The Morgan fingerprint density at radius 3 is 2.52 bits per heavy atom. The van der Waals surface area contributed by atoms with Gasteiger partial charge in [-0.2, -0.15) is 4.98 Å². The Balaban J connectivity index is 1.31. The van der Waals surface area contributed by atoms with Gasteiger partial charge < -0.3 is 19.1 Å². The number of hydrogen-bond acceptors (Lipinski definition) is 6. The van der Waals surface area contributed by atoms with Gasteiger partial charge in [-0.1, -0.05) is 17.3 Å². The SMILES string of the molecule is COc1cc(-c2noc(CN3CCN(C(=O)N4CCCCC4)CC3)n2)ccc1C. The van der Waals surface area contributed by atoms with Crippen LogP contribution in [0.5, 0.6) is 5.75 Å². The van der Waals surface area contributed by atoms with Gasteiger partial charge in [-0.3, -0.25) is 4.90 Å². The summed E-state index contributed by atoms with van der Waals surface area (Å²) in [6, 6.07) is 6.08. The molecule has 2 aliphatic rings. The lowest BCUT2D eigenvalue weighted by molar-refractivity contribution is 0.0998. The highest BCUT2D eigenvalue weighted by molar-refractivity contribution is 5.74. The molecule has 2 fully saturated rings. The van der Waals surface area contributed by atoms with E-state index in [1.54, 1.807) is 7.11 Å². The maximum atomic E-state index is 12.6. The van der Waals surface area contributed by atoms with E-state index in [-0.39, 0.29) is 6.03 Å². The van der Waals surface area contributed by atoms with Crippen LogP contribution in [0.25, 0.3) is 11.4 Å². The van der Waals surface area contributed by atoms with Gasteiger partial charge in [0.15, 0.2) is 0 Å². The molecule has 0 spiro atoms. The molecule has 8 heteroatoms. The molecule has 8 nitrogen and oxygen atoms in total. The van der Waals surface area contributed by atoms with E-state index in [9.17, 15) is 4.79 Å². The second kappa shape index (κ2) is 8.82. The first-order chi connectivity index (χ1) is 14.1. The van der Waals surface area contributed by atoms with Gasteiger partial charge in [0.05, 0.1) is 13.7 Å². The van der Waals surface area contributed by atoms with Crippen LogP contribution < -0.4 is 4.74 Å². The van der Waals surface area contributed by atoms with Crippen LogP contribution in [-0.4, -0.2) is 77.2 Å². The zero-order chi connectivity index (χ0) is 20.2. The van der Waals surface area contributed by atoms with Crippen molar-refractivity contribution in [1.82, 2.24) is 24.8 Å². The van der Waals surface area contributed by atoms with Crippen molar-refractivity contribution in [1.29, 1.82) is 0 Å². The fraction of sp³-hybridized carbons (Fsp3) is 0.571. The van der Waals surface area contributed by atoms with Crippen LogP contribution in [0, 0.1) is 6.92 Å². The second-order valence-electron chi connectivity index (χ2n) is 7.79. The summed E-state index contributed by atoms with van der Waals surface area (Å²) in [5, 5.41) is 4.12. The Hall–Kier alpha value is -2.61. The molecule has 0 N–H and O–H groups in total. The molecule has 0 radical (unpaired) electrons. The summed E-state index contributed by atoms with van der Waals surface area (Å²) >= 11 is 0. The van der Waals surface area contributed by atoms with E-state index >= 15 is 0 Å². The van der Waals surface area contributed by atoms with Crippen LogP contribution >= 0.6 is 0 Å². The summed E-state index contributed by atoms with van der Waals surface area (Å²) in [5.74, 6) is 1.97. The number of likely N-dealkylation sites (tertiary alicyclic amines) is 1. The molecule has 29 heavy (non-hydrogen) atoms. The molecule has 4 rings (SSSR count). The predicted octanol–water partition coefficient (Wildman–Crippen LogP) is 2.78. The Labute approximate surface area is 171 Å². The largest absolute Gasteiger partial charge is 0.496 e. The first-order valence-electron chi connectivity index (χ1n) is 10.4. The first kappa shape index (κ1) is 19.7. The second-order valence-corrected chi connectivity index (χ2v) is 7.79. The van der Waals surface area contributed by atoms with Gasteiger partial charge in [0.1, 0.15) is 5.75 Å². The number of benzene rings is 1. The van der Waals surface area contributed by atoms with Crippen molar-refractivity contribution < 1.29 is 14.1 Å². The summed E-state index contributed by atoms with van der Waals surface area (Å²) in [7, 11) is 1.66. The fourth-order valence-electron chi connectivity index (χ4n) is 3.97. The minimum atomic E-state index is 0.192. The van der Waals surface area contributed by atoms with E-state index < -0.39 is 0 Å². The summed E-state index contributed by atoms with van der Waals surface area (Å²) in [4.78, 5) is 23.4. The maximum absolute atomic E-state index is 12.6. The molecule has 1 aromatic heterocycles. The molecule has 3 heterocycles. The highest BCUT2D eigenvalue weighted by Gasteiger charge is 2.26. The summed E-state index contributed by atoms with van der Waals surface area (Å²) < 4.78 is 10.8. The van der Waals surface area contributed by atoms with Crippen LogP contribution in [0.4, 0.5) is 4.79 Å². The molecule has 0 saturated carbocycles. The van der Waals surface area contributed by atoms with Gasteiger partial charge in [0.2, 0.25) is 11.7 Å². The topological polar surface area (TPSA) is 74.9 Å². The molecule has 2 aliphatic heterocycles. The highest BCUT2D eigenvalue weighted by atomic mass is 16.5. The van der Waals surface area contributed by atoms with Crippen molar-refractivity contribution in [3.63, 3.8) is 0 Å². The van der Waals surface area contributed by atoms with Gasteiger partial charge in [-0.15, -0.1) is 0 Å². The van der Waals surface area contributed by atoms with Crippen LogP contribution in [0.1, 0.15) is 30.7 Å². The van der Waals surface area contributed by atoms with E-state index in [2.05, 4.69) is 15.0 Å². The van der Waals surface area contributed by atoms with Gasteiger partial charge in [-0.05, 0) is 37.8 Å². The standard InChI is InChI=1S/C21H29N5O3/c1-16-6-7-17(14-18(16)28-2)20-22-19(29-23-20)15-24-10-12-26(13-11-24)21(27)25-8-4-3-5-9-25/h6-7,14H,3-5,8-13,15H2,1-2H3. The van der Waals surface area contributed by atoms with Crippen LogP contribution in [0.2, 0.25) is 0 Å². The molecule has 1 aromatic carbocycles. The van der Waals surface area contributed by atoms with Crippen LogP contribution in [-0.2, 0) is 6.54 Å². The van der Waals surface area contributed by atoms with Gasteiger partial charge in [-0.25, -0.2) is 4.79 Å². The number of aryl methyl sites for hydroxylation is 1. The maximum Gasteiger partial charge on any atom is 0.320 e. The lowest BCUT2D eigenvalue weighted by Crippen LogP contribution is -2.53. The van der Waals surface area contributed by atoms with Gasteiger partial charge in [0, 0.05) is 44.8 Å². The van der Waals surface area contributed by atoms with Crippen molar-refractivity contribution in [2.24, 2.45) is 0 Å². The van der Waals surface area contributed by atoms with E-state index in [1.165, 1.54) is 6.42 Å². The first-order valence-corrected chi connectivity index (χ1v) is 10.4. The number of nitrogens with zero attached hydrogens (tertiary/aromatic N) is 5. The molecular formula is C21H29N5O3. The zero-order valence-electron chi connectivity index (χ0n) is 17.3. The lowest BCUT2D eigenvalue weighted by atomic mass is 10.1. The summed E-state index contributed by atoms with van der Waals surface area (Å²) in [5.41, 5.74) is 1.94. The third kappa shape index (κ3) is 4.53. The third-order valence-electron chi connectivity index (χ3n) is 5.76. The number of piperidine rings is 1. The number of urea groups is 1. The van der Waals surface area contributed by atoms with Gasteiger partial charge in [0.25, 0.3) is 0 Å². The number of carbonyl (C=O) groups is 1. The van der Waals surface area contributed by atoms with Crippen molar-refractivity contribution in [3.8, 4) is 17.1 Å². The molecule has 2 saturated heterocycles. The van der Waals surface area contributed by atoms with Crippen molar-refractivity contribution >= 4 is 6.03 Å². The number of amides is 2. The molecule has 156 valence electrons. The van der Waals surface area contributed by atoms with Crippen molar-refractivity contribution in [2.75, 3.05) is 46.4 Å². The van der Waals surface area contributed by atoms with Crippen LogP contribution in [0.15, 0.2) is 22.7 Å². The average molecular weight is 399 g/mol. The molecule has 2 aromatic rings. The minimum absolute atomic E-state index is 0.192. The summed E-state index contributed by atoms with van der Waals surface area (Å²) in [6.07, 6.45) is 3.48. The Kier molecular flexibility index (Phi) is 5.99. The number of methoxy groups -OCH3 is 1. The zero-order valence-corrected chi connectivity index (χ0v) is 17.3. The smallest absolute Gasteiger partial charge is 0.320 e. The normalized spacial score (nSPS) is 18.1. The molecule has 0 atom stereocenters. The number of ether oxygens (including phenoxy) is 1. The highest BCUT2D eigenvalue weighted by Crippen LogP contribution is 2.25. The number of hydrogen-bond donors (Lipinski definition) is 0. The van der Waals surface area contributed by atoms with Crippen LogP contribution in [0.3, 0.4) is 0 Å². The minimum Gasteiger partial charge on any atom is -0.496 e. The fourth-order valence-corrected chi connectivity index (χ4v) is 3.97. The molecule has 0 aliphatic carbocycles. The van der Waals surface area contributed by atoms with E-state index in [0.717, 1.165) is 69.0 Å². The van der Waals surface area contributed by atoms with E-state index in [4.69, 9.17) is 9.26 Å². The Morgan fingerprint density at radius 1 is 1.07 bits per heavy atom. The molecular weight excluding hydrogens is 370 g/mol. The Morgan fingerprint density at radius 2 is 1.79 bits per heavy atom. The third-order valence-corrected chi connectivity index (χ3v) is 5.76. The molecule has 0 bridgehead atoms. The number of rotatable bonds is 4. The molecule has 2 amide bonds. The Bertz CT molecular complexity index is 839. The van der Waals surface area contributed by atoms with E-state index in [0.29, 0.717) is 18.3 Å². The molecule has 0 unspecified atom stereocenters. The number of aromatic nitrogens is 2. The quantitative estimate of drug-likeness (QED) is 0.787. The number of carbonyl (C=O) groups excluding carboxylic acids is 1. The van der Waals surface area contributed by atoms with E-state index in [1.807, 2.05) is 34.9 Å². The monoisotopic (exact) mass is 399 g/mol.